The van der Waals surface area contributed by atoms with Gasteiger partial charge in [-0.2, -0.15) is 0 Å². The molecule has 3 amide bonds. The normalized spacial score (nSPS) is 10.9. The molecule has 0 fully saturated rings. The van der Waals surface area contributed by atoms with E-state index in [0.717, 1.165) is 5.56 Å². The minimum absolute atomic E-state index is 0.213. The first-order valence-corrected chi connectivity index (χ1v) is 8.74. The zero-order valence-electron chi connectivity index (χ0n) is 15.6. The molecule has 0 heterocycles. The molecule has 0 saturated carbocycles. The number of nitrogens with one attached hydrogen (secondary N) is 3. The Bertz CT molecular complexity index is 894. The van der Waals surface area contributed by atoms with Gasteiger partial charge in [0.2, 0.25) is 17.7 Å². The van der Waals surface area contributed by atoms with Crippen molar-refractivity contribution >= 4 is 46.4 Å². The highest BCUT2D eigenvalue weighted by Crippen LogP contribution is 2.25. The Hall–Kier alpha value is -2.86. The summed E-state index contributed by atoms with van der Waals surface area (Å²) < 4.78 is 0. The van der Waals surface area contributed by atoms with E-state index < -0.39 is 17.2 Å². The Morgan fingerprint density at radius 3 is 2.11 bits per heavy atom. The van der Waals surface area contributed by atoms with Gasteiger partial charge in [-0.15, -0.1) is 0 Å². The second-order valence-corrected chi connectivity index (χ2v) is 7.19. The number of rotatable bonds is 5. The number of hydrogen-bond acceptors (Lipinski definition) is 3. The van der Waals surface area contributed by atoms with Gasteiger partial charge in [-0.3, -0.25) is 14.4 Å². The number of hydrogen-bond donors (Lipinski definition) is 3. The summed E-state index contributed by atoms with van der Waals surface area (Å²) in [5, 5.41) is 8.60. The molecule has 6 nitrogen and oxygen atoms in total. The molecule has 27 heavy (non-hydrogen) atoms. The number of carbonyl (C=O) groups excluding carboxylic acids is 3. The van der Waals surface area contributed by atoms with Gasteiger partial charge in [0.25, 0.3) is 0 Å². The van der Waals surface area contributed by atoms with Crippen LogP contribution >= 0.6 is 11.6 Å². The molecule has 0 bridgehead atoms. The van der Waals surface area contributed by atoms with E-state index in [1.807, 2.05) is 6.92 Å². The first-order chi connectivity index (χ1) is 12.6. The Morgan fingerprint density at radius 2 is 1.48 bits per heavy atom. The summed E-state index contributed by atoms with van der Waals surface area (Å²) in [6.45, 7) is 6.31. The van der Waals surface area contributed by atoms with E-state index in [1.165, 1.54) is 20.8 Å². The van der Waals surface area contributed by atoms with Crippen LogP contribution in [0.15, 0.2) is 42.5 Å². The van der Waals surface area contributed by atoms with Crippen molar-refractivity contribution < 1.29 is 14.4 Å². The average molecular weight is 388 g/mol. The summed E-state index contributed by atoms with van der Waals surface area (Å²) in [5.41, 5.74) is 1.09. The van der Waals surface area contributed by atoms with Gasteiger partial charge in [-0.1, -0.05) is 23.7 Å². The first-order valence-electron chi connectivity index (χ1n) is 8.36. The van der Waals surface area contributed by atoms with Gasteiger partial charge in [0, 0.05) is 29.0 Å². The lowest BCUT2D eigenvalue weighted by molar-refractivity contribution is -0.135. The van der Waals surface area contributed by atoms with Crippen LogP contribution in [0.25, 0.3) is 0 Å². The molecule has 0 spiro atoms. The molecule has 0 aliphatic heterocycles. The Kier molecular flexibility index (Phi) is 6.23. The van der Waals surface area contributed by atoms with Crippen LogP contribution in [0, 0.1) is 12.3 Å². The second kappa shape index (κ2) is 8.22. The van der Waals surface area contributed by atoms with Crippen LogP contribution in [0.2, 0.25) is 5.02 Å². The van der Waals surface area contributed by atoms with E-state index in [-0.39, 0.29) is 5.91 Å². The van der Waals surface area contributed by atoms with Crippen LogP contribution in [-0.4, -0.2) is 17.7 Å². The number of halogens is 1. The fourth-order valence-electron chi connectivity index (χ4n) is 2.28. The van der Waals surface area contributed by atoms with Gasteiger partial charge >= 0.3 is 0 Å². The van der Waals surface area contributed by atoms with Crippen LogP contribution in [-0.2, 0) is 14.4 Å². The molecule has 0 radical (unpaired) electrons. The smallest absolute Gasteiger partial charge is 0.239 e. The van der Waals surface area contributed by atoms with Crippen LogP contribution in [0.4, 0.5) is 17.1 Å². The van der Waals surface area contributed by atoms with Gasteiger partial charge in [0.05, 0.1) is 0 Å². The number of aryl methyl sites for hydroxylation is 1. The third kappa shape index (κ3) is 5.31. The Balaban J connectivity index is 2.13. The van der Waals surface area contributed by atoms with E-state index in [4.69, 9.17) is 11.6 Å². The zero-order valence-corrected chi connectivity index (χ0v) is 16.4. The highest BCUT2D eigenvalue weighted by atomic mass is 35.5. The van der Waals surface area contributed by atoms with E-state index in [2.05, 4.69) is 16.0 Å². The van der Waals surface area contributed by atoms with E-state index >= 15 is 0 Å². The van der Waals surface area contributed by atoms with Crippen molar-refractivity contribution in [1.29, 1.82) is 0 Å². The maximum Gasteiger partial charge on any atom is 0.239 e. The first kappa shape index (κ1) is 20.5. The van der Waals surface area contributed by atoms with Gasteiger partial charge in [-0.05, 0) is 56.7 Å². The number of amides is 3. The van der Waals surface area contributed by atoms with Crippen LogP contribution in [0.5, 0.6) is 0 Å². The Morgan fingerprint density at radius 1 is 0.889 bits per heavy atom. The number of anilines is 3. The molecule has 2 aromatic carbocycles. The summed E-state index contributed by atoms with van der Waals surface area (Å²) in [6.07, 6.45) is 0. The molecule has 0 atom stereocenters. The van der Waals surface area contributed by atoms with Crippen LogP contribution in [0.3, 0.4) is 0 Å². The molecule has 0 aromatic heterocycles. The predicted octanol–water partition coefficient (Wildman–Crippen LogP) is 4.21. The maximum absolute atomic E-state index is 12.7. The molecule has 7 heteroatoms. The summed E-state index contributed by atoms with van der Waals surface area (Å²) in [6, 6.07) is 11.9. The summed E-state index contributed by atoms with van der Waals surface area (Å²) >= 11 is 5.97. The third-order valence-corrected chi connectivity index (χ3v) is 4.26. The highest BCUT2D eigenvalue weighted by molar-refractivity contribution is 6.31. The standard InChI is InChI=1S/C20H22ClN3O3/c1-12-8-9-14(21)10-17(12)24-19(27)20(3,4)18(26)23-16-7-5-6-15(11-16)22-13(2)25/h5-11H,1-4H3,(H,22,25)(H,23,26)(H,24,27). The molecule has 2 rings (SSSR count). The van der Waals surface area contributed by atoms with Crippen molar-refractivity contribution in [3.8, 4) is 0 Å². The van der Waals surface area contributed by atoms with Crippen molar-refractivity contribution in [2.75, 3.05) is 16.0 Å². The zero-order chi connectivity index (χ0) is 20.2. The predicted molar refractivity (Wildman–Crippen MR) is 108 cm³/mol. The molecule has 0 unspecified atom stereocenters. The van der Waals surface area contributed by atoms with Gasteiger partial charge in [-0.25, -0.2) is 0 Å². The van der Waals surface area contributed by atoms with Crippen molar-refractivity contribution in [3.63, 3.8) is 0 Å². The number of benzene rings is 2. The van der Waals surface area contributed by atoms with Gasteiger partial charge in [0.1, 0.15) is 5.41 Å². The lowest BCUT2D eigenvalue weighted by Gasteiger charge is -2.23. The van der Waals surface area contributed by atoms with Crippen molar-refractivity contribution in [1.82, 2.24) is 0 Å². The molecule has 0 aliphatic rings. The maximum atomic E-state index is 12.7. The van der Waals surface area contributed by atoms with Crippen molar-refractivity contribution in [2.24, 2.45) is 5.41 Å². The fraction of sp³-hybridized carbons (Fsp3) is 0.250. The van der Waals surface area contributed by atoms with E-state index in [1.54, 1.807) is 42.5 Å². The van der Waals surface area contributed by atoms with Crippen molar-refractivity contribution in [2.45, 2.75) is 27.7 Å². The topological polar surface area (TPSA) is 87.3 Å². The molecular weight excluding hydrogens is 366 g/mol. The Labute approximate surface area is 163 Å². The quantitative estimate of drug-likeness (QED) is 0.671. The molecule has 0 saturated heterocycles. The summed E-state index contributed by atoms with van der Waals surface area (Å²) in [5.74, 6) is -1.14. The third-order valence-electron chi connectivity index (χ3n) is 4.02. The lowest BCUT2D eigenvalue weighted by atomic mass is 9.90. The lowest BCUT2D eigenvalue weighted by Crippen LogP contribution is -2.41. The summed E-state index contributed by atoms with van der Waals surface area (Å²) in [4.78, 5) is 36.5. The molecular formula is C20H22ClN3O3. The van der Waals surface area contributed by atoms with Gasteiger partial charge in [0.15, 0.2) is 0 Å². The minimum Gasteiger partial charge on any atom is -0.326 e. The summed E-state index contributed by atoms with van der Waals surface area (Å²) in [7, 11) is 0. The van der Waals surface area contributed by atoms with Crippen LogP contribution < -0.4 is 16.0 Å². The minimum atomic E-state index is -1.33. The average Bonchev–Trinajstić information content (AvgIpc) is 2.57. The highest BCUT2D eigenvalue weighted by Gasteiger charge is 2.36. The largest absolute Gasteiger partial charge is 0.326 e. The number of carbonyl (C=O) groups is 3. The van der Waals surface area contributed by atoms with Crippen molar-refractivity contribution in [3.05, 3.63) is 53.1 Å². The SMILES string of the molecule is CC(=O)Nc1cccc(NC(=O)C(C)(C)C(=O)Nc2cc(Cl)ccc2C)c1. The fourth-order valence-corrected chi connectivity index (χ4v) is 2.45. The molecule has 0 aliphatic carbocycles. The monoisotopic (exact) mass is 387 g/mol. The second-order valence-electron chi connectivity index (χ2n) is 6.75. The van der Waals surface area contributed by atoms with E-state index in [9.17, 15) is 14.4 Å². The molecule has 2 aromatic rings. The molecule has 142 valence electrons. The molecule has 3 N–H and O–H groups in total. The van der Waals surface area contributed by atoms with Gasteiger partial charge < -0.3 is 16.0 Å². The van der Waals surface area contributed by atoms with E-state index in [0.29, 0.717) is 22.1 Å². The van der Waals surface area contributed by atoms with Crippen LogP contribution in [0.1, 0.15) is 26.3 Å².